The molecular weight excluding hydrogens is 274 g/mol. The number of rotatable bonds is 2. The number of aromatic nitrogens is 4. The van der Waals surface area contributed by atoms with Gasteiger partial charge in [0.15, 0.2) is 0 Å². The molecule has 20 heavy (non-hydrogen) atoms. The molecule has 1 aromatic carbocycles. The summed E-state index contributed by atoms with van der Waals surface area (Å²) in [6.07, 6.45) is 0. The minimum atomic E-state index is 0.588. The smallest absolute Gasteiger partial charge is 0.254 e. The molecule has 0 atom stereocenters. The van der Waals surface area contributed by atoms with E-state index in [0.29, 0.717) is 16.6 Å². The molecule has 0 spiro atoms. The number of halogens is 1. The Labute approximate surface area is 121 Å². The van der Waals surface area contributed by atoms with Crippen LogP contribution in [-0.4, -0.2) is 19.6 Å². The van der Waals surface area contributed by atoms with E-state index in [1.165, 1.54) is 0 Å². The van der Waals surface area contributed by atoms with Crippen molar-refractivity contribution in [2.45, 2.75) is 20.8 Å². The van der Waals surface area contributed by atoms with Crippen LogP contribution < -0.4 is 5.32 Å². The van der Waals surface area contributed by atoms with Gasteiger partial charge in [0.05, 0.1) is 0 Å². The zero-order valence-corrected chi connectivity index (χ0v) is 12.2. The molecule has 3 rings (SSSR count). The second-order valence-corrected chi connectivity index (χ2v) is 5.17. The number of nitrogens with zero attached hydrogens (tertiary/aromatic N) is 4. The number of aryl methyl sites for hydroxylation is 3. The SMILES string of the molecule is Cc1cc(Nc2cc(Cl)ccc2C)n2nc(C)nc2n1. The Morgan fingerprint density at radius 3 is 2.70 bits per heavy atom. The van der Waals surface area contributed by atoms with E-state index < -0.39 is 0 Å². The Hall–Kier alpha value is -2.14. The minimum absolute atomic E-state index is 0.588. The van der Waals surface area contributed by atoms with Crippen molar-refractivity contribution in [3.05, 3.63) is 46.4 Å². The van der Waals surface area contributed by atoms with E-state index in [-0.39, 0.29) is 0 Å². The maximum atomic E-state index is 6.05. The van der Waals surface area contributed by atoms with E-state index in [0.717, 1.165) is 22.8 Å². The molecule has 0 bridgehead atoms. The standard InChI is InChI=1S/C14H14ClN5/c1-8-4-5-11(15)7-12(8)18-13-6-9(2)16-14-17-10(3)19-20(13)14/h4-7,18H,1-3H3. The molecule has 0 saturated carbocycles. The lowest BCUT2D eigenvalue weighted by Crippen LogP contribution is -2.03. The summed E-state index contributed by atoms with van der Waals surface area (Å²) in [5, 5.41) is 8.39. The van der Waals surface area contributed by atoms with Crippen LogP contribution >= 0.6 is 11.6 Å². The summed E-state index contributed by atoms with van der Waals surface area (Å²) in [7, 11) is 0. The van der Waals surface area contributed by atoms with Gasteiger partial charge in [-0.2, -0.15) is 9.50 Å². The number of hydrogen-bond donors (Lipinski definition) is 1. The normalized spacial score (nSPS) is 11.0. The zero-order chi connectivity index (χ0) is 14.3. The van der Waals surface area contributed by atoms with E-state index in [4.69, 9.17) is 11.6 Å². The predicted octanol–water partition coefficient (Wildman–Crippen LogP) is 3.45. The van der Waals surface area contributed by atoms with Crippen LogP contribution in [0.4, 0.5) is 11.5 Å². The first-order chi connectivity index (χ1) is 9.52. The van der Waals surface area contributed by atoms with Gasteiger partial charge in [-0.3, -0.25) is 0 Å². The van der Waals surface area contributed by atoms with Crippen molar-refractivity contribution < 1.29 is 0 Å². The lowest BCUT2D eigenvalue weighted by molar-refractivity contribution is 0.916. The molecule has 1 N–H and O–H groups in total. The van der Waals surface area contributed by atoms with Gasteiger partial charge in [0.2, 0.25) is 0 Å². The van der Waals surface area contributed by atoms with Crippen molar-refractivity contribution in [2.24, 2.45) is 0 Å². The van der Waals surface area contributed by atoms with Gasteiger partial charge in [0.1, 0.15) is 11.6 Å². The number of hydrogen-bond acceptors (Lipinski definition) is 4. The van der Waals surface area contributed by atoms with Crippen molar-refractivity contribution in [3.63, 3.8) is 0 Å². The number of nitrogens with one attached hydrogen (secondary N) is 1. The van der Waals surface area contributed by atoms with Crippen LogP contribution in [0.15, 0.2) is 24.3 Å². The first kappa shape index (κ1) is 12.9. The summed E-state index contributed by atoms with van der Waals surface area (Å²) in [5.41, 5.74) is 2.93. The predicted molar refractivity (Wildman–Crippen MR) is 79.7 cm³/mol. The molecule has 6 heteroatoms. The Kier molecular flexibility index (Phi) is 3.06. The summed E-state index contributed by atoms with van der Waals surface area (Å²) in [5.74, 6) is 2.09. The highest BCUT2D eigenvalue weighted by molar-refractivity contribution is 6.30. The maximum Gasteiger partial charge on any atom is 0.254 e. The van der Waals surface area contributed by atoms with Gasteiger partial charge >= 0.3 is 0 Å². The number of fused-ring (bicyclic) bond motifs is 1. The fourth-order valence-corrected chi connectivity index (χ4v) is 2.21. The van der Waals surface area contributed by atoms with Gasteiger partial charge in [-0.15, -0.1) is 5.10 Å². The van der Waals surface area contributed by atoms with E-state index in [1.807, 2.05) is 45.0 Å². The summed E-state index contributed by atoms with van der Waals surface area (Å²) < 4.78 is 1.70. The van der Waals surface area contributed by atoms with Crippen LogP contribution in [0.5, 0.6) is 0 Å². The average Bonchev–Trinajstić information content (AvgIpc) is 2.74. The minimum Gasteiger partial charge on any atom is -0.340 e. The molecule has 0 amide bonds. The Balaban J connectivity index is 2.12. The highest BCUT2D eigenvalue weighted by Crippen LogP contribution is 2.24. The summed E-state index contributed by atoms with van der Waals surface area (Å²) in [6.45, 7) is 5.80. The molecule has 102 valence electrons. The van der Waals surface area contributed by atoms with Crippen LogP contribution in [0.1, 0.15) is 17.1 Å². The molecular formula is C14H14ClN5. The van der Waals surface area contributed by atoms with Crippen LogP contribution in [0.2, 0.25) is 5.02 Å². The molecule has 0 aliphatic carbocycles. The van der Waals surface area contributed by atoms with E-state index >= 15 is 0 Å². The third-order valence-electron chi connectivity index (χ3n) is 3.01. The first-order valence-corrected chi connectivity index (χ1v) is 6.65. The van der Waals surface area contributed by atoms with Crippen molar-refractivity contribution in [1.82, 2.24) is 19.6 Å². The third-order valence-corrected chi connectivity index (χ3v) is 3.24. The highest BCUT2D eigenvalue weighted by Gasteiger charge is 2.09. The van der Waals surface area contributed by atoms with Gasteiger partial charge in [0, 0.05) is 22.5 Å². The molecule has 0 saturated heterocycles. The fourth-order valence-electron chi connectivity index (χ4n) is 2.04. The van der Waals surface area contributed by atoms with E-state index in [1.54, 1.807) is 4.52 Å². The van der Waals surface area contributed by atoms with Crippen LogP contribution in [0.25, 0.3) is 5.78 Å². The van der Waals surface area contributed by atoms with Crippen molar-refractivity contribution in [1.29, 1.82) is 0 Å². The quantitative estimate of drug-likeness (QED) is 0.784. The Bertz CT molecular complexity index is 794. The Morgan fingerprint density at radius 1 is 1.10 bits per heavy atom. The van der Waals surface area contributed by atoms with Gasteiger partial charge in [-0.1, -0.05) is 17.7 Å². The summed E-state index contributed by atoms with van der Waals surface area (Å²) >= 11 is 6.05. The van der Waals surface area contributed by atoms with Gasteiger partial charge in [-0.05, 0) is 38.5 Å². The summed E-state index contributed by atoms with van der Waals surface area (Å²) in [6, 6.07) is 7.67. The number of anilines is 2. The van der Waals surface area contributed by atoms with Crippen molar-refractivity contribution in [3.8, 4) is 0 Å². The Morgan fingerprint density at radius 2 is 1.90 bits per heavy atom. The van der Waals surface area contributed by atoms with Gasteiger partial charge in [-0.25, -0.2) is 4.98 Å². The second-order valence-electron chi connectivity index (χ2n) is 4.74. The highest BCUT2D eigenvalue weighted by atomic mass is 35.5. The second kappa shape index (κ2) is 4.76. The number of benzene rings is 1. The van der Waals surface area contributed by atoms with Crippen LogP contribution in [-0.2, 0) is 0 Å². The van der Waals surface area contributed by atoms with Crippen molar-refractivity contribution in [2.75, 3.05) is 5.32 Å². The molecule has 2 aromatic heterocycles. The molecule has 0 radical (unpaired) electrons. The zero-order valence-electron chi connectivity index (χ0n) is 11.5. The third kappa shape index (κ3) is 2.32. The summed E-state index contributed by atoms with van der Waals surface area (Å²) in [4.78, 5) is 8.65. The van der Waals surface area contributed by atoms with Gasteiger partial charge in [0.25, 0.3) is 5.78 Å². The van der Waals surface area contributed by atoms with Crippen LogP contribution in [0, 0.1) is 20.8 Å². The maximum absolute atomic E-state index is 6.05. The van der Waals surface area contributed by atoms with Crippen molar-refractivity contribution >= 4 is 28.9 Å². The average molecular weight is 288 g/mol. The van der Waals surface area contributed by atoms with E-state index in [9.17, 15) is 0 Å². The molecule has 0 fully saturated rings. The molecule has 0 aliphatic heterocycles. The molecule has 5 nitrogen and oxygen atoms in total. The largest absolute Gasteiger partial charge is 0.340 e. The lowest BCUT2D eigenvalue weighted by atomic mass is 10.2. The lowest BCUT2D eigenvalue weighted by Gasteiger charge is -2.11. The molecule has 0 aliphatic rings. The topological polar surface area (TPSA) is 55.1 Å². The monoisotopic (exact) mass is 287 g/mol. The molecule has 0 unspecified atom stereocenters. The molecule has 2 heterocycles. The van der Waals surface area contributed by atoms with Gasteiger partial charge < -0.3 is 5.32 Å². The van der Waals surface area contributed by atoms with Crippen LogP contribution in [0.3, 0.4) is 0 Å². The first-order valence-electron chi connectivity index (χ1n) is 6.27. The fraction of sp³-hybridized carbons (Fsp3) is 0.214. The molecule has 3 aromatic rings. The van der Waals surface area contributed by atoms with E-state index in [2.05, 4.69) is 20.4 Å².